The van der Waals surface area contributed by atoms with Gasteiger partial charge in [-0.3, -0.25) is 4.79 Å². The first-order chi connectivity index (χ1) is 16.7. The van der Waals surface area contributed by atoms with E-state index in [1.54, 1.807) is 0 Å². The first-order valence-corrected chi connectivity index (χ1v) is 12.5. The number of nitrogens with zero attached hydrogens (tertiary/aromatic N) is 5. The van der Waals surface area contributed by atoms with Crippen LogP contribution in [0.25, 0.3) is 22.2 Å². The van der Waals surface area contributed by atoms with Crippen molar-refractivity contribution in [1.82, 2.24) is 14.9 Å². The van der Waals surface area contributed by atoms with Gasteiger partial charge in [-0.15, -0.1) is 0 Å². The highest BCUT2D eigenvalue weighted by molar-refractivity contribution is 5.83. The molecular weight excluding hydrogens is 426 g/mol. The van der Waals surface area contributed by atoms with Gasteiger partial charge in [0.2, 0.25) is 5.91 Å². The fourth-order valence-electron chi connectivity index (χ4n) is 5.49. The summed E-state index contributed by atoms with van der Waals surface area (Å²) in [6, 6.07) is 10.7. The van der Waals surface area contributed by atoms with Gasteiger partial charge in [-0.1, -0.05) is 6.07 Å². The van der Waals surface area contributed by atoms with Gasteiger partial charge in [0.15, 0.2) is 12.0 Å². The average Bonchev–Trinajstić information content (AvgIpc) is 3.73. The van der Waals surface area contributed by atoms with E-state index in [9.17, 15) is 10.1 Å². The van der Waals surface area contributed by atoms with Crippen LogP contribution >= 0.6 is 0 Å². The highest BCUT2D eigenvalue weighted by Gasteiger charge is 2.45. The normalized spacial score (nSPS) is 22.7. The van der Waals surface area contributed by atoms with Crippen molar-refractivity contribution in [3.63, 3.8) is 0 Å². The van der Waals surface area contributed by atoms with E-state index in [1.807, 2.05) is 24.3 Å². The summed E-state index contributed by atoms with van der Waals surface area (Å²) in [6.45, 7) is 2.24. The topological polar surface area (TPSA) is 86.3 Å². The molecular formula is C27H27N5O2. The third kappa shape index (κ3) is 3.44. The Labute approximate surface area is 198 Å². The third-order valence-electron chi connectivity index (χ3n) is 7.85. The number of nitriles is 1. The maximum atomic E-state index is 12.9. The molecule has 0 N–H and O–H groups in total. The zero-order chi connectivity index (χ0) is 22.8. The molecule has 0 radical (unpaired) electrons. The number of anilines is 1. The first-order valence-electron chi connectivity index (χ1n) is 12.5. The second-order valence-corrected chi connectivity index (χ2v) is 10.4. The quantitative estimate of drug-likeness (QED) is 0.566. The van der Waals surface area contributed by atoms with Gasteiger partial charge >= 0.3 is 0 Å². The van der Waals surface area contributed by atoms with Gasteiger partial charge in [0, 0.05) is 37.0 Å². The van der Waals surface area contributed by atoms with Crippen molar-refractivity contribution in [3.05, 3.63) is 41.9 Å². The maximum Gasteiger partial charge on any atom is 0.226 e. The van der Waals surface area contributed by atoms with Crippen LogP contribution in [0.1, 0.15) is 55.7 Å². The number of aromatic nitrogens is 2. The van der Waals surface area contributed by atoms with Gasteiger partial charge in [0.1, 0.15) is 17.4 Å². The number of oxazole rings is 1. The van der Waals surface area contributed by atoms with E-state index in [4.69, 9.17) is 9.40 Å². The van der Waals surface area contributed by atoms with Gasteiger partial charge in [0.25, 0.3) is 0 Å². The predicted molar refractivity (Wildman–Crippen MR) is 127 cm³/mol. The van der Waals surface area contributed by atoms with Crippen LogP contribution in [0.2, 0.25) is 0 Å². The number of carbonyl (C=O) groups excluding carboxylic acids is 1. The molecule has 1 aromatic carbocycles. The molecule has 0 bridgehead atoms. The fraction of sp³-hybridized carbons (Fsp3) is 0.481. The Kier molecular flexibility index (Phi) is 4.45. The van der Waals surface area contributed by atoms with Crippen LogP contribution < -0.4 is 4.90 Å². The molecule has 1 atom stereocenters. The highest BCUT2D eigenvalue weighted by Crippen LogP contribution is 2.46. The van der Waals surface area contributed by atoms with E-state index < -0.39 is 0 Å². The average molecular weight is 454 g/mol. The van der Waals surface area contributed by atoms with Crippen molar-refractivity contribution < 1.29 is 9.21 Å². The lowest BCUT2D eigenvalue weighted by Crippen LogP contribution is -2.57. The Balaban J connectivity index is 1.25. The second kappa shape index (κ2) is 7.56. The lowest BCUT2D eigenvalue weighted by molar-refractivity contribution is -0.135. The minimum Gasteiger partial charge on any atom is -0.443 e. The van der Waals surface area contributed by atoms with Crippen LogP contribution in [-0.4, -0.2) is 46.5 Å². The van der Waals surface area contributed by atoms with E-state index in [-0.39, 0.29) is 12.0 Å². The molecule has 3 saturated carbocycles. The van der Waals surface area contributed by atoms with Crippen LogP contribution in [0.3, 0.4) is 0 Å². The highest BCUT2D eigenvalue weighted by atomic mass is 16.3. The van der Waals surface area contributed by atoms with Crippen molar-refractivity contribution in [3.8, 4) is 17.2 Å². The third-order valence-corrected chi connectivity index (χ3v) is 7.85. The van der Waals surface area contributed by atoms with E-state index in [0.717, 1.165) is 79.1 Å². The van der Waals surface area contributed by atoms with E-state index in [0.29, 0.717) is 23.3 Å². The lowest BCUT2D eigenvalue weighted by Gasteiger charge is -2.43. The SMILES string of the molecule is N#Cc1cc(-c2ccc3ncoc3c2)c(C2CC2)nc1N1CCN(C(=O)C2CC2)C(C2CC2)C1. The number of hydrogen-bond donors (Lipinski definition) is 0. The molecule has 3 aromatic rings. The van der Waals surface area contributed by atoms with Crippen molar-refractivity contribution in [2.45, 2.75) is 50.5 Å². The minimum atomic E-state index is 0.244. The molecule has 2 aromatic heterocycles. The number of pyridine rings is 1. The van der Waals surface area contributed by atoms with Crippen molar-refractivity contribution in [1.29, 1.82) is 5.26 Å². The number of hydrogen-bond acceptors (Lipinski definition) is 6. The summed E-state index contributed by atoms with van der Waals surface area (Å²) in [5, 5.41) is 10.1. The van der Waals surface area contributed by atoms with Crippen LogP contribution in [0, 0.1) is 23.2 Å². The molecule has 172 valence electrons. The maximum absolute atomic E-state index is 12.9. The Bertz CT molecular complexity index is 1330. The molecule has 1 unspecified atom stereocenters. The molecule has 4 aliphatic rings. The van der Waals surface area contributed by atoms with Crippen LogP contribution in [0.15, 0.2) is 35.1 Å². The molecule has 0 spiro atoms. The fourth-order valence-corrected chi connectivity index (χ4v) is 5.49. The second-order valence-electron chi connectivity index (χ2n) is 10.4. The lowest BCUT2D eigenvalue weighted by atomic mass is 9.98. The molecule has 3 heterocycles. The first kappa shape index (κ1) is 20.0. The molecule has 1 amide bonds. The number of carbonyl (C=O) groups is 1. The number of benzene rings is 1. The number of rotatable bonds is 5. The van der Waals surface area contributed by atoms with Crippen LogP contribution in [0.5, 0.6) is 0 Å². The van der Waals surface area contributed by atoms with Crippen molar-refractivity contribution in [2.75, 3.05) is 24.5 Å². The van der Waals surface area contributed by atoms with Crippen LogP contribution in [0.4, 0.5) is 5.82 Å². The molecule has 7 rings (SSSR count). The van der Waals surface area contributed by atoms with Gasteiger partial charge in [-0.25, -0.2) is 9.97 Å². The Hall–Kier alpha value is -3.40. The molecule has 7 heteroatoms. The smallest absolute Gasteiger partial charge is 0.226 e. The predicted octanol–water partition coefficient (Wildman–Crippen LogP) is 4.48. The Morgan fingerprint density at radius 2 is 1.94 bits per heavy atom. The molecule has 34 heavy (non-hydrogen) atoms. The summed E-state index contributed by atoms with van der Waals surface area (Å²) in [4.78, 5) is 26.7. The zero-order valence-corrected chi connectivity index (χ0v) is 19.1. The van der Waals surface area contributed by atoms with Crippen LogP contribution in [-0.2, 0) is 4.79 Å². The number of amides is 1. The summed E-state index contributed by atoms with van der Waals surface area (Å²) in [5.41, 5.74) is 5.28. The van der Waals surface area contributed by atoms with Gasteiger partial charge in [-0.05, 0) is 68.2 Å². The Morgan fingerprint density at radius 3 is 2.68 bits per heavy atom. The van der Waals surface area contributed by atoms with Gasteiger partial charge in [0.05, 0.1) is 17.3 Å². The van der Waals surface area contributed by atoms with Gasteiger partial charge < -0.3 is 14.2 Å². The summed E-state index contributed by atoms with van der Waals surface area (Å²) in [6.07, 6.45) is 8.20. The summed E-state index contributed by atoms with van der Waals surface area (Å²) >= 11 is 0. The molecule has 3 aliphatic carbocycles. The zero-order valence-electron chi connectivity index (χ0n) is 19.1. The Morgan fingerprint density at radius 1 is 1.09 bits per heavy atom. The van der Waals surface area contributed by atoms with E-state index in [2.05, 4.69) is 20.9 Å². The molecule has 4 fully saturated rings. The van der Waals surface area contributed by atoms with Crippen molar-refractivity contribution in [2.24, 2.45) is 11.8 Å². The molecule has 7 nitrogen and oxygen atoms in total. The molecule has 1 saturated heterocycles. The summed E-state index contributed by atoms with van der Waals surface area (Å²) in [5.74, 6) is 2.42. The number of fused-ring (bicyclic) bond motifs is 1. The van der Waals surface area contributed by atoms with E-state index in [1.165, 1.54) is 19.2 Å². The monoisotopic (exact) mass is 453 g/mol. The van der Waals surface area contributed by atoms with Crippen molar-refractivity contribution >= 4 is 22.8 Å². The standard InChI is InChI=1S/C27H27N5O2/c28-13-20-11-21(19-7-8-22-24(12-19)34-15-29-22)25(17-3-4-17)30-26(20)31-9-10-32(27(33)18-5-6-18)23(14-31)16-1-2-16/h7-8,11-12,15-18,23H,1-6,9-10,14H2. The van der Waals surface area contributed by atoms with E-state index >= 15 is 0 Å². The minimum absolute atomic E-state index is 0.244. The summed E-state index contributed by atoms with van der Waals surface area (Å²) < 4.78 is 5.53. The van der Waals surface area contributed by atoms with Gasteiger partial charge in [-0.2, -0.15) is 5.26 Å². The number of piperazine rings is 1. The largest absolute Gasteiger partial charge is 0.443 e. The summed E-state index contributed by atoms with van der Waals surface area (Å²) in [7, 11) is 0. The molecule has 1 aliphatic heterocycles.